The Kier molecular flexibility index (Phi) is 4.05. The Morgan fingerprint density at radius 3 is 2.80 bits per heavy atom. The van der Waals surface area contributed by atoms with Gasteiger partial charge in [0.2, 0.25) is 5.95 Å². The highest BCUT2D eigenvalue weighted by molar-refractivity contribution is 9.10. The van der Waals surface area contributed by atoms with Gasteiger partial charge in [0.25, 0.3) is 0 Å². The summed E-state index contributed by atoms with van der Waals surface area (Å²) in [5.41, 5.74) is 1.67. The van der Waals surface area contributed by atoms with Gasteiger partial charge in [-0.1, -0.05) is 15.9 Å². The van der Waals surface area contributed by atoms with E-state index in [9.17, 15) is 14.5 Å². The van der Waals surface area contributed by atoms with E-state index in [1.54, 1.807) is 0 Å². The summed E-state index contributed by atoms with van der Waals surface area (Å²) in [7, 11) is 0. The Morgan fingerprint density at radius 1 is 1.45 bits per heavy atom. The van der Waals surface area contributed by atoms with Crippen LogP contribution >= 0.6 is 15.9 Å². The number of nitro groups is 1. The van der Waals surface area contributed by atoms with Crippen LogP contribution in [0.2, 0.25) is 0 Å². The first-order valence-corrected chi connectivity index (χ1v) is 5.91. The van der Waals surface area contributed by atoms with E-state index in [1.165, 1.54) is 12.1 Å². The minimum atomic E-state index is -0.718. The molecule has 0 atom stereocenters. The summed E-state index contributed by atoms with van der Waals surface area (Å²) < 4.78 is 18.9. The van der Waals surface area contributed by atoms with Crippen molar-refractivity contribution in [2.75, 3.05) is 5.43 Å². The molecule has 0 aliphatic rings. The second kappa shape index (κ2) is 5.75. The fourth-order valence-electron chi connectivity index (χ4n) is 1.33. The monoisotopic (exact) mass is 343 g/mol. The van der Waals surface area contributed by atoms with Crippen LogP contribution in [0.1, 0.15) is 0 Å². The third-order valence-electron chi connectivity index (χ3n) is 2.11. The van der Waals surface area contributed by atoms with Crippen molar-refractivity contribution >= 4 is 27.6 Å². The molecule has 0 bridgehead atoms. The average molecular weight is 344 g/mol. The van der Waals surface area contributed by atoms with Gasteiger partial charge in [0.05, 0.1) is 4.92 Å². The van der Waals surface area contributed by atoms with Crippen LogP contribution < -0.4 is 16.0 Å². The molecular weight excluding hydrogens is 337 g/mol. The number of nitrogen functional groups attached to an aromatic ring is 1. The average Bonchev–Trinajstić information content (AvgIpc) is 2.37. The first-order chi connectivity index (χ1) is 9.49. The third kappa shape index (κ3) is 3.16. The van der Waals surface area contributed by atoms with Gasteiger partial charge < -0.3 is 4.74 Å². The molecule has 0 aliphatic heterocycles. The highest BCUT2D eigenvalue weighted by atomic mass is 79.9. The number of benzene rings is 1. The number of nitrogens with one attached hydrogen (secondary N) is 1. The Bertz CT molecular complexity index is 649. The Morgan fingerprint density at radius 2 is 2.20 bits per heavy atom. The lowest BCUT2D eigenvalue weighted by molar-refractivity contribution is -0.386. The van der Waals surface area contributed by atoms with Crippen LogP contribution in [0.5, 0.6) is 11.6 Å². The number of hydrogen-bond acceptors (Lipinski definition) is 7. The van der Waals surface area contributed by atoms with Gasteiger partial charge in [0.1, 0.15) is 17.8 Å². The van der Waals surface area contributed by atoms with Gasteiger partial charge in [0, 0.05) is 10.5 Å². The highest BCUT2D eigenvalue weighted by Crippen LogP contribution is 2.31. The van der Waals surface area contributed by atoms with Crippen LogP contribution in [0.15, 0.2) is 28.9 Å². The second-order valence-corrected chi connectivity index (χ2v) is 4.41. The van der Waals surface area contributed by atoms with Crippen LogP contribution in [-0.2, 0) is 0 Å². The zero-order chi connectivity index (χ0) is 14.7. The van der Waals surface area contributed by atoms with Crippen LogP contribution in [0, 0.1) is 15.9 Å². The number of rotatable bonds is 4. The summed E-state index contributed by atoms with van der Waals surface area (Å²) >= 11 is 3.08. The zero-order valence-electron chi connectivity index (χ0n) is 9.71. The Balaban J connectivity index is 2.42. The molecule has 2 aromatic rings. The molecule has 1 heterocycles. The van der Waals surface area contributed by atoms with Crippen LogP contribution in [0.4, 0.5) is 16.0 Å². The summed E-state index contributed by atoms with van der Waals surface area (Å²) in [5.74, 6) is 4.18. The lowest BCUT2D eigenvalue weighted by Crippen LogP contribution is -2.11. The van der Waals surface area contributed by atoms with Crippen molar-refractivity contribution < 1.29 is 14.1 Å². The van der Waals surface area contributed by atoms with Crippen molar-refractivity contribution in [3.05, 3.63) is 44.8 Å². The quantitative estimate of drug-likeness (QED) is 0.497. The largest absolute Gasteiger partial charge is 0.433 e. The van der Waals surface area contributed by atoms with Gasteiger partial charge in [-0.15, -0.1) is 0 Å². The number of ether oxygens (including phenoxy) is 1. The molecule has 1 aromatic heterocycles. The van der Waals surface area contributed by atoms with Gasteiger partial charge in [-0.2, -0.15) is 4.98 Å². The molecule has 0 spiro atoms. The molecule has 2 rings (SSSR count). The fraction of sp³-hybridized carbons (Fsp3) is 0. The smallest absolute Gasteiger partial charge is 0.349 e. The zero-order valence-corrected chi connectivity index (χ0v) is 11.3. The molecule has 0 radical (unpaired) electrons. The van der Waals surface area contributed by atoms with Crippen molar-refractivity contribution in [2.24, 2.45) is 5.84 Å². The fourth-order valence-corrected chi connectivity index (χ4v) is 1.77. The van der Waals surface area contributed by atoms with Crippen molar-refractivity contribution in [2.45, 2.75) is 0 Å². The number of aromatic nitrogens is 2. The number of anilines is 1. The molecule has 0 saturated carbocycles. The standard InChI is InChI=1S/C10H7BrFN5O3/c11-5-1-6(12)3-7(2-5)20-9-8(17(18)19)4-14-10(15-9)16-13/h1-4H,13H2,(H,14,15,16). The van der Waals surface area contributed by atoms with Gasteiger partial charge >= 0.3 is 11.6 Å². The number of hydrazine groups is 1. The van der Waals surface area contributed by atoms with Crippen LogP contribution in [0.3, 0.4) is 0 Å². The van der Waals surface area contributed by atoms with E-state index in [2.05, 4.69) is 31.3 Å². The van der Waals surface area contributed by atoms with Gasteiger partial charge in [-0.3, -0.25) is 15.5 Å². The first-order valence-electron chi connectivity index (χ1n) is 5.11. The molecule has 0 amide bonds. The van der Waals surface area contributed by atoms with Crippen molar-refractivity contribution in [1.82, 2.24) is 9.97 Å². The van der Waals surface area contributed by atoms with Crippen molar-refractivity contribution in [1.29, 1.82) is 0 Å². The van der Waals surface area contributed by atoms with Crippen LogP contribution in [0.25, 0.3) is 0 Å². The number of nitrogens with zero attached hydrogens (tertiary/aromatic N) is 3. The molecule has 3 N–H and O–H groups in total. The summed E-state index contributed by atoms with van der Waals surface area (Å²) in [6.45, 7) is 0. The highest BCUT2D eigenvalue weighted by Gasteiger charge is 2.20. The maximum atomic E-state index is 13.2. The lowest BCUT2D eigenvalue weighted by atomic mass is 10.3. The molecule has 10 heteroatoms. The van der Waals surface area contributed by atoms with Gasteiger partial charge in [-0.25, -0.2) is 15.2 Å². The van der Waals surface area contributed by atoms with E-state index in [0.717, 1.165) is 12.3 Å². The number of halogens is 2. The SMILES string of the molecule is NNc1ncc([N+](=O)[O-])c(Oc2cc(F)cc(Br)c2)n1. The van der Waals surface area contributed by atoms with E-state index in [1.807, 2.05) is 0 Å². The topological polar surface area (TPSA) is 116 Å². The summed E-state index contributed by atoms with van der Waals surface area (Å²) in [5, 5.41) is 10.9. The van der Waals surface area contributed by atoms with E-state index in [4.69, 9.17) is 10.6 Å². The van der Waals surface area contributed by atoms with Crippen molar-refractivity contribution in [3.8, 4) is 11.6 Å². The molecule has 1 aromatic carbocycles. The normalized spacial score (nSPS) is 10.2. The summed E-state index contributed by atoms with van der Waals surface area (Å²) in [6.07, 6.45) is 0.936. The summed E-state index contributed by atoms with van der Waals surface area (Å²) in [6, 6.07) is 3.71. The molecule has 0 unspecified atom stereocenters. The third-order valence-corrected chi connectivity index (χ3v) is 2.57. The number of hydrogen-bond donors (Lipinski definition) is 2. The molecule has 0 fully saturated rings. The van der Waals surface area contributed by atoms with Crippen molar-refractivity contribution in [3.63, 3.8) is 0 Å². The minimum Gasteiger partial charge on any atom is -0.433 e. The maximum Gasteiger partial charge on any atom is 0.349 e. The van der Waals surface area contributed by atoms with Gasteiger partial charge in [-0.05, 0) is 12.1 Å². The second-order valence-electron chi connectivity index (χ2n) is 3.49. The number of nitrogens with two attached hydrogens (primary N) is 1. The maximum absolute atomic E-state index is 13.2. The van der Waals surface area contributed by atoms with Crippen LogP contribution in [-0.4, -0.2) is 14.9 Å². The van der Waals surface area contributed by atoms with E-state index in [0.29, 0.717) is 4.47 Å². The molecule has 0 aliphatic carbocycles. The Labute approximate surface area is 120 Å². The molecule has 0 saturated heterocycles. The predicted octanol–water partition coefficient (Wildman–Crippen LogP) is 2.36. The lowest BCUT2D eigenvalue weighted by Gasteiger charge is -2.07. The molecule has 104 valence electrons. The minimum absolute atomic E-state index is 0.0432. The molecule has 8 nitrogen and oxygen atoms in total. The molecular formula is C10H7BrFN5O3. The van der Waals surface area contributed by atoms with E-state index < -0.39 is 16.4 Å². The molecule has 20 heavy (non-hydrogen) atoms. The first kappa shape index (κ1) is 14.1. The summed E-state index contributed by atoms with van der Waals surface area (Å²) in [4.78, 5) is 17.5. The van der Waals surface area contributed by atoms with E-state index in [-0.39, 0.29) is 17.6 Å². The van der Waals surface area contributed by atoms with Gasteiger partial charge in [0.15, 0.2) is 0 Å². The van der Waals surface area contributed by atoms with E-state index >= 15 is 0 Å². The Hall–Kier alpha value is -2.33. The predicted molar refractivity (Wildman–Crippen MR) is 70.7 cm³/mol.